The van der Waals surface area contributed by atoms with Crippen molar-refractivity contribution in [3.63, 3.8) is 0 Å². The number of benzene rings is 1. The van der Waals surface area contributed by atoms with Crippen molar-refractivity contribution in [3.05, 3.63) is 64.6 Å². The fourth-order valence-electron chi connectivity index (χ4n) is 3.90. The van der Waals surface area contributed by atoms with Crippen LogP contribution >= 0.6 is 11.6 Å². The number of hydrogen-bond donors (Lipinski definition) is 0. The monoisotopic (exact) mass is 426 g/mol. The predicted molar refractivity (Wildman–Crippen MR) is 113 cm³/mol. The lowest BCUT2D eigenvalue weighted by Gasteiger charge is -2.40. The molecule has 0 atom stereocenters. The molecule has 0 aliphatic carbocycles. The lowest BCUT2D eigenvalue weighted by molar-refractivity contribution is 0.0528. The molecular weight excluding hydrogens is 404 g/mol. The molecule has 3 heterocycles. The third-order valence-corrected chi connectivity index (χ3v) is 6.18. The first-order valence-corrected chi connectivity index (χ1v) is 10.4. The van der Waals surface area contributed by atoms with E-state index in [4.69, 9.17) is 16.3 Å². The third-order valence-electron chi connectivity index (χ3n) is 5.82. The lowest BCUT2D eigenvalue weighted by Crippen LogP contribution is -2.44. The standard InChI is InChI=1S/C22H23ClN4O3/c1-3-30-21(29)17-14-25-27-18(23)16(13-24-19(17)27)20(28)26-11-9-22(2,10-12-26)15-7-5-4-6-8-15/h4-8,13-14H,3,9-12H2,1-2H3. The first-order valence-electron chi connectivity index (χ1n) is 9.99. The number of halogens is 1. The van der Waals surface area contributed by atoms with Crippen LogP contribution in [0, 0.1) is 0 Å². The summed E-state index contributed by atoms with van der Waals surface area (Å²) in [6, 6.07) is 10.4. The minimum absolute atomic E-state index is 0.0422. The number of likely N-dealkylation sites (tertiary alicyclic amines) is 1. The number of aromatic nitrogens is 3. The van der Waals surface area contributed by atoms with Crippen LogP contribution in [-0.2, 0) is 10.2 Å². The predicted octanol–water partition coefficient (Wildman–Crippen LogP) is 3.75. The SMILES string of the molecule is CCOC(=O)c1cnn2c(Cl)c(C(=O)N3CCC(C)(c4ccccc4)CC3)cnc12. The summed E-state index contributed by atoms with van der Waals surface area (Å²) in [7, 11) is 0. The lowest BCUT2D eigenvalue weighted by atomic mass is 9.74. The van der Waals surface area contributed by atoms with Gasteiger partial charge in [-0.2, -0.15) is 5.10 Å². The van der Waals surface area contributed by atoms with Gasteiger partial charge in [0.25, 0.3) is 5.91 Å². The number of esters is 1. The summed E-state index contributed by atoms with van der Waals surface area (Å²) in [5.41, 5.74) is 2.09. The van der Waals surface area contributed by atoms with Crippen molar-refractivity contribution in [1.82, 2.24) is 19.5 Å². The van der Waals surface area contributed by atoms with E-state index in [0.717, 1.165) is 12.8 Å². The summed E-state index contributed by atoms with van der Waals surface area (Å²) in [4.78, 5) is 31.2. The Morgan fingerprint density at radius 3 is 2.50 bits per heavy atom. The highest BCUT2D eigenvalue weighted by atomic mass is 35.5. The molecule has 2 aromatic heterocycles. The van der Waals surface area contributed by atoms with Crippen molar-refractivity contribution < 1.29 is 14.3 Å². The average molecular weight is 427 g/mol. The van der Waals surface area contributed by atoms with Crippen LogP contribution in [0.15, 0.2) is 42.7 Å². The van der Waals surface area contributed by atoms with Gasteiger partial charge < -0.3 is 9.64 Å². The Labute approximate surface area is 179 Å². The van der Waals surface area contributed by atoms with E-state index in [2.05, 4.69) is 29.1 Å². The number of carbonyl (C=O) groups excluding carboxylic acids is 2. The number of rotatable bonds is 4. The number of hydrogen-bond acceptors (Lipinski definition) is 5. The third kappa shape index (κ3) is 3.54. The van der Waals surface area contributed by atoms with E-state index in [1.807, 2.05) is 18.2 Å². The summed E-state index contributed by atoms with van der Waals surface area (Å²) in [6.45, 7) is 5.47. The molecule has 1 amide bonds. The summed E-state index contributed by atoms with van der Waals surface area (Å²) in [5.74, 6) is -0.705. The van der Waals surface area contributed by atoms with Gasteiger partial charge >= 0.3 is 5.97 Å². The Morgan fingerprint density at radius 1 is 1.13 bits per heavy atom. The van der Waals surface area contributed by atoms with Crippen molar-refractivity contribution in [1.29, 1.82) is 0 Å². The van der Waals surface area contributed by atoms with Crippen LogP contribution < -0.4 is 0 Å². The molecule has 4 rings (SSSR count). The Hall–Kier alpha value is -2.93. The van der Waals surface area contributed by atoms with Gasteiger partial charge in [-0.1, -0.05) is 48.9 Å². The van der Waals surface area contributed by atoms with Gasteiger partial charge in [0.15, 0.2) is 5.65 Å². The van der Waals surface area contributed by atoms with Crippen LogP contribution in [0.2, 0.25) is 5.15 Å². The zero-order valence-electron chi connectivity index (χ0n) is 17.0. The number of ether oxygens (including phenoxy) is 1. The second-order valence-corrected chi connectivity index (χ2v) is 8.05. The molecule has 0 bridgehead atoms. The van der Waals surface area contributed by atoms with Crippen molar-refractivity contribution >= 4 is 29.1 Å². The summed E-state index contributed by atoms with van der Waals surface area (Å²) in [6.07, 6.45) is 4.50. The van der Waals surface area contributed by atoms with E-state index in [-0.39, 0.29) is 39.9 Å². The van der Waals surface area contributed by atoms with Gasteiger partial charge in [-0.05, 0) is 30.7 Å². The molecule has 1 aliphatic rings. The van der Waals surface area contributed by atoms with E-state index in [9.17, 15) is 9.59 Å². The minimum atomic E-state index is -0.522. The zero-order chi connectivity index (χ0) is 21.3. The average Bonchev–Trinajstić information content (AvgIpc) is 3.20. The van der Waals surface area contributed by atoms with Gasteiger partial charge in [-0.25, -0.2) is 14.3 Å². The first kappa shape index (κ1) is 20.3. The second kappa shape index (κ2) is 8.07. The van der Waals surface area contributed by atoms with Gasteiger partial charge in [0.05, 0.1) is 18.4 Å². The van der Waals surface area contributed by atoms with Gasteiger partial charge in [-0.3, -0.25) is 4.79 Å². The number of fused-ring (bicyclic) bond motifs is 1. The van der Waals surface area contributed by atoms with Crippen LogP contribution in [0.1, 0.15) is 53.0 Å². The molecule has 0 N–H and O–H groups in total. The Balaban J connectivity index is 1.54. The van der Waals surface area contributed by atoms with Gasteiger partial charge in [0, 0.05) is 19.3 Å². The summed E-state index contributed by atoms with van der Waals surface area (Å²) >= 11 is 6.46. The normalized spacial score (nSPS) is 15.9. The maximum Gasteiger partial charge on any atom is 0.343 e. The molecule has 3 aromatic rings. The largest absolute Gasteiger partial charge is 0.462 e. The van der Waals surface area contributed by atoms with Crippen molar-refractivity contribution in [2.24, 2.45) is 0 Å². The molecule has 0 saturated carbocycles. The molecule has 30 heavy (non-hydrogen) atoms. The number of carbonyl (C=O) groups is 2. The smallest absolute Gasteiger partial charge is 0.343 e. The topological polar surface area (TPSA) is 76.8 Å². The van der Waals surface area contributed by atoms with Gasteiger partial charge in [-0.15, -0.1) is 0 Å². The fourth-order valence-corrected chi connectivity index (χ4v) is 4.16. The molecule has 1 aromatic carbocycles. The van der Waals surface area contributed by atoms with E-state index >= 15 is 0 Å². The summed E-state index contributed by atoms with van der Waals surface area (Å²) in [5, 5.41) is 4.26. The highest BCUT2D eigenvalue weighted by Crippen LogP contribution is 2.35. The van der Waals surface area contributed by atoms with Crippen LogP contribution in [0.25, 0.3) is 5.65 Å². The highest BCUT2D eigenvalue weighted by Gasteiger charge is 2.34. The number of piperidine rings is 1. The molecule has 8 heteroatoms. The van der Waals surface area contributed by atoms with E-state index in [0.29, 0.717) is 13.1 Å². The molecule has 156 valence electrons. The Morgan fingerprint density at radius 2 is 1.83 bits per heavy atom. The first-order chi connectivity index (χ1) is 14.4. The molecule has 0 radical (unpaired) electrons. The van der Waals surface area contributed by atoms with Crippen molar-refractivity contribution in [2.45, 2.75) is 32.1 Å². The van der Waals surface area contributed by atoms with Crippen molar-refractivity contribution in [2.75, 3.05) is 19.7 Å². The zero-order valence-corrected chi connectivity index (χ0v) is 17.7. The molecular formula is C22H23ClN4O3. The quantitative estimate of drug-likeness (QED) is 0.469. The second-order valence-electron chi connectivity index (χ2n) is 7.70. The molecule has 0 spiro atoms. The molecule has 1 aliphatic heterocycles. The molecule has 0 unspecified atom stereocenters. The fraction of sp³-hybridized carbons (Fsp3) is 0.364. The Bertz CT molecular complexity index is 1090. The van der Waals surface area contributed by atoms with E-state index in [1.165, 1.54) is 22.5 Å². The minimum Gasteiger partial charge on any atom is -0.462 e. The van der Waals surface area contributed by atoms with E-state index < -0.39 is 5.97 Å². The van der Waals surface area contributed by atoms with Gasteiger partial charge in [0.1, 0.15) is 10.7 Å². The van der Waals surface area contributed by atoms with Crippen LogP contribution in [0.4, 0.5) is 0 Å². The molecule has 1 fully saturated rings. The molecule has 1 saturated heterocycles. The van der Waals surface area contributed by atoms with Crippen LogP contribution in [0.3, 0.4) is 0 Å². The van der Waals surface area contributed by atoms with Crippen molar-refractivity contribution in [3.8, 4) is 0 Å². The maximum atomic E-state index is 13.1. The Kier molecular flexibility index (Phi) is 5.47. The number of amides is 1. The highest BCUT2D eigenvalue weighted by molar-refractivity contribution is 6.33. The summed E-state index contributed by atoms with van der Waals surface area (Å²) < 4.78 is 6.32. The van der Waals surface area contributed by atoms with Crippen LogP contribution in [-0.4, -0.2) is 51.1 Å². The number of nitrogens with zero attached hydrogens (tertiary/aromatic N) is 4. The van der Waals surface area contributed by atoms with Gasteiger partial charge in [0.2, 0.25) is 0 Å². The molecule has 7 nitrogen and oxygen atoms in total. The maximum absolute atomic E-state index is 13.1. The van der Waals surface area contributed by atoms with E-state index in [1.54, 1.807) is 11.8 Å². The van der Waals surface area contributed by atoms with Crippen LogP contribution in [0.5, 0.6) is 0 Å².